The molecule has 236 valence electrons. The lowest BCUT2D eigenvalue weighted by atomic mass is 9.96. The van der Waals surface area contributed by atoms with Gasteiger partial charge >= 0.3 is 5.97 Å². The Bertz CT molecular complexity index is 1840. The quantitative estimate of drug-likeness (QED) is 0.191. The Labute approximate surface area is 271 Å². The van der Waals surface area contributed by atoms with Crippen LogP contribution in [0.5, 0.6) is 23.1 Å². The molecule has 0 radical (unpaired) electrons. The fourth-order valence-corrected chi connectivity index (χ4v) is 4.87. The third kappa shape index (κ3) is 6.92. The van der Waals surface area contributed by atoms with E-state index in [1.165, 1.54) is 39.2 Å². The summed E-state index contributed by atoms with van der Waals surface area (Å²) in [4.78, 5) is 44.9. The Morgan fingerprint density at radius 3 is 2.11 bits per heavy atom. The average molecular weight is 657 g/mol. The van der Waals surface area contributed by atoms with E-state index in [4.69, 9.17) is 23.7 Å². The smallest absolute Gasteiger partial charge is 0.355 e. The first-order valence-electron chi connectivity index (χ1n) is 13.1. The molecule has 12 nitrogen and oxygen atoms in total. The summed E-state index contributed by atoms with van der Waals surface area (Å²) >= 11 is 0. The van der Waals surface area contributed by atoms with E-state index < -0.39 is 11.5 Å². The molecular formula is C31H31Cl2N5O7. The Kier molecular flexibility index (Phi) is 11.7. The van der Waals surface area contributed by atoms with Gasteiger partial charge in [-0.05, 0) is 54.4 Å². The van der Waals surface area contributed by atoms with Gasteiger partial charge in [0.2, 0.25) is 11.6 Å². The average Bonchev–Trinajstić information content (AvgIpc) is 3.04. The molecule has 5 rings (SSSR count). The molecule has 14 heteroatoms. The molecule has 0 spiro atoms. The summed E-state index contributed by atoms with van der Waals surface area (Å²) in [5, 5.41) is 0.557. The van der Waals surface area contributed by atoms with Crippen molar-refractivity contribution in [3.63, 3.8) is 0 Å². The summed E-state index contributed by atoms with van der Waals surface area (Å²) in [6.45, 7) is 1.85. The van der Waals surface area contributed by atoms with Gasteiger partial charge in [-0.15, -0.1) is 24.8 Å². The number of aryl methyl sites for hydroxylation is 1. The predicted octanol–water partition coefficient (Wildman–Crippen LogP) is 4.84. The number of rotatable bonds is 10. The summed E-state index contributed by atoms with van der Waals surface area (Å²) in [6, 6.07) is 10.4. The van der Waals surface area contributed by atoms with Gasteiger partial charge in [-0.2, -0.15) is 0 Å². The van der Waals surface area contributed by atoms with Crippen molar-refractivity contribution in [2.24, 2.45) is 0 Å². The molecule has 0 fully saturated rings. The number of fused-ring (bicyclic) bond motifs is 1. The van der Waals surface area contributed by atoms with Crippen LogP contribution in [0.3, 0.4) is 0 Å². The van der Waals surface area contributed by atoms with Gasteiger partial charge in [-0.25, -0.2) is 19.7 Å². The number of esters is 1. The molecule has 0 saturated heterocycles. The SMILES string of the molecule is COC(=O)c1c(-c2cc(OC)c(OC)c(OC)c2)c2ccnc(OCc3ncccn3)c2c(=O)n1Cc1ccnc(C)c1.Cl.Cl. The monoisotopic (exact) mass is 655 g/mol. The number of nitrogens with zero attached hydrogens (tertiary/aromatic N) is 5. The number of carbonyl (C=O) groups excluding carboxylic acids is 1. The first-order chi connectivity index (χ1) is 20.9. The number of carbonyl (C=O) groups is 1. The molecule has 4 heterocycles. The zero-order chi connectivity index (χ0) is 30.5. The fourth-order valence-electron chi connectivity index (χ4n) is 4.87. The maximum Gasteiger partial charge on any atom is 0.355 e. The molecule has 0 amide bonds. The van der Waals surface area contributed by atoms with Crippen LogP contribution in [0.15, 0.2) is 66.0 Å². The van der Waals surface area contributed by atoms with E-state index >= 15 is 0 Å². The van der Waals surface area contributed by atoms with Gasteiger partial charge in [0.25, 0.3) is 5.56 Å². The standard InChI is InChI=1S/C31H29N5O7.2ClH/c1-18-13-19(7-11-32-18)16-36-27(31(38)42-5)25(20-14-22(39-2)28(41-4)23(15-20)40-3)21-8-12-35-29(26(21)30(36)37)43-17-24-33-9-6-10-34-24;;/h6-15H,16-17H2,1-5H3;2*1H. The minimum atomic E-state index is -0.717. The van der Waals surface area contributed by atoms with Crippen LogP contribution in [-0.2, 0) is 17.9 Å². The van der Waals surface area contributed by atoms with E-state index in [0.29, 0.717) is 39.6 Å². The molecule has 1 aromatic carbocycles. The molecule has 0 aliphatic heterocycles. The number of aromatic nitrogens is 5. The predicted molar refractivity (Wildman–Crippen MR) is 171 cm³/mol. The minimum absolute atomic E-state index is 0. The van der Waals surface area contributed by atoms with Crippen LogP contribution in [0.4, 0.5) is 0 Å². The van der Waals surface area contributed by atoms with Gasteiger partial charge in [-0.1, -0.05) is 0 Å². The number of hydrogen-bond donors (Lipinski definition) is 0. The maximum atomic E-state index is 14.3. The van der Waals surface area contributed by atoms with Gasteiger partial charge in [0.05, 0.1) is 35.0 Å². The molecule has 5 aromatic rings. The highest BCUT2D eigenvalue weighted by Gasteiger charge is 2.28. The van der Waals surface area contributed by atoms with Crippen molar-refractivity contribution >= 4 is 41.6 Å². The largest absolute Gasteiger partial charge is 0.493 e. The third-order valence-electron chi connectivity index (χ3n) is 6.74. The normalized spacial score (nSPS) is 10.3. The summed E-state index contributed by atoms with van der Waals surface area (Å²) in [6.07, 6.45) is 6.33. The Balaban J connectivity index is 0.00000276. The lowest BCUT2D eigenvalue weighted by Gasteiger charge is -2.21. The van der Waals surface area contributed by atoms with Crippen molar-refractivity contribution in [1.29, 1.82) is 0 Å². The van der Waals surface area contributed by atoms with Gasteiger partial charge in [0, 0.05) is 41.4 Å². The van der Waals surface area contributed by atoms with E-state index in [-0.39, 0.29) is 54.9 Å². The minimum Gasteiger partial charge on any atom is -0.493 e. The lowest BCUT2D eigenvalue weighted by Crippen LogP contribution is -2.29. The molecule has 0 saturated carbocycles. The van der Waals surface area contributed by atoms with Gasteiger partial charge in [-0.3, -0.25) is 14.3 Å². The van der Waals surface area contributed by atoms with Crippen molar-refractivity contribution in [2.75, 3.05) is 28.4 Å². The summed E-state index contributed by atoms with van der Waals surface area (Å²) in [5.74, 6) is 0.826. The summed E-state index contributed by atoms with van der Waals surface area (Å²) < 4.78 is 29.3. The molecule has 0 aliphatic carbocycles. The highest BCUT2D eigenvalue weighted by atomic mass is 35.5. The summed E-state index contributed by atoms with van der Waals surface area (Å²) in [7, 11) is 5.75. The van der Waals surface area contributed by atoms with E-state index in [1.54, 1.807) is 48.9 Å². The number of methoxy groups -OCH3 is 4. The molecule has 0 unspecified atom stereocenters. The van der Waals surface area contributed by atoms with Crippen LogP contribution in [0.1, 0.15) is 27.6 Å². The highest BCUT2D eigenvalue weighted by molar-refractivity contribution is 6.08. The van der Waals surface area contributed by atoms with Crippen molar-refractivity contribution in [3.05, 3.63) is 94.3 Å². The van der Waals surface area contributed by atoms with Crippen molar-refractivity contribution in [2.45, 2.75) is 20.1 Å². The Hall–Kier alpha value is -4.94. The van der Waals surface area contributed by atoms with Crippen molar-refractivity contribution in [1.82, 2.24) is 24.5 Å². The second kappa shape index (κ2) is 15.2. The fraction of sp³-hybridized carbons (Fsp3) is 0.226. The van der Waals surface area contributed by atoms with E-state index in [9.17, 15) is 9.59 Å². The molecule has 4 aromatic heterocycles. The number of ether oxygens (including phenoxy) is 5. The summed E-state index contributed by atoms with van der Waals surface area (Å²) in [5.41, 5.74) is 1.91. The van der Waals surface area contributed by atoms with E-state index in [0.717, 1.165) is 11.3 Å². The third-order valence-corrected chi connectivity index (χ3v) is 6.74. The zero-order valence-corrected chi connectivity index (χ0v) is 26.7. The second-order valence-electron chi connectivity index (χ2n) is 9.32. The second-order valence-corrected chi connectivity index (χ2v) is 9.32. The van der Waals surface area contributed by atoms with Crippen molar-refractivity contribution in [3.8, 4) is 34.3 Å². The molecular weight excluding hydrogens is 625 g/mol. The van der Waals surface area contributed by atoms with Crippen LogP contribution in [-0.4, -0.2) is 58.9 Å². The van der Waals surface area contributed by atoms with E-state index in [2.05, 4.69) is 19.9 Å². The van der Waals surface area contributed by atoms with E-state index in [1.807, 2.05) is 13.0 Å². The van der Waals surface area contributed by atoms with Crippen LogP contribution in [0.25, 0.3) is 21.9 Å². The Morgan fingerprint density at radius 2 is 1.51 bits per heavy atom. The topological polar surface area (TPSA) is 137 Å². The maximum absolute atomic E-state index is 14.3. The van der Waals surface area contributed by atoms with Crippen molar-refractivity contribution < 1.29 is 28.5 Å². The number of benzene rings is 1. The van der Waals surface area contributed by atoms with Crippen LogP contribution in [0.2, 0.25) is 0 Å². The lowest BCUT2D eigenvalue weighted by molar-refractivity contribution is 0.0588. The molecule has 45 heavy (non-hydrogen) atoms. The van der Waals surface area contributed by atoms with Crippen LogP contribution in [0, 0.1) is 6.92 Å². The Morgan fingerprint density at radius 1 is 0.844 bits per heavy atom. The van der Waals surface area contributed by atoms with Crippen LogP contribution < -0.4 is 24.5 Å². The number of hydrogen-bond acceptors (Lipinski definition) is 11. The van der Waals surface area contributed by atoms with Gasteiger partial charge < -0.3 is 23.7 Å². The first kappa shape index (κ1) is 34.5. The highest BCUT2D eigenvalue weighted by Crippen LogP contribution is 2.44. The zero-order valence-electron chi connectivity index (χ0n) is 25.1. The molecule has 0 bridgehead atoms. The van der Waals surface area contributed by atoms with Gasteiger partial charge in [0.15, 0.2) is 17.3 Å². The number of halogens is 2. The van der Waals surface area contributed by atoms with Crippen LogP contribution >= 0.6 is 24.8 Å². The van der Waals surface area contributed by atoms with Gasteiger partial charge in [0.1, 0.15) is 17.7 Å². The molecule has 0 N–H and O–H groups in total. The first-order valence-corrected chi connectivity index (χ1v) is 13.1. The molecule has 0 aliphatic rings. The number of pyridine rings is 3. The molecule has 0 atom stereocenters.